The van der Waals surface area contributed by atoms with E-state index in [1.807, 2.05) is 0 Å². The van der Waals surface area contributed by atoms with Crippen LogP contribution in [-0.4, -0.2) is 123 Å². The van der Waals surface area contributed by atoms with E-state index in [0.29, 0.717) is 0 Å². The van der Waals surface area contributed by atoms with Gasteiger partial charge >= 0.3 is 15.2 Å². The van der Waals surface area contributed by atoms with Crippen LogP contribution in [-0.2, 0) is 25.0 Å². The summed E-state index contributed by atoms with van der Waals surface area (Å²) in [6.45, 7) is -1.48. The Balaban J connectivity index is 1.70. The first-order chi connectivity index (χ1) is 23.1. The van der Waals surface area contributed by atoms with E-state index < -0.39 is 128 Å². The van der Waals surface area contributed by atoms with E-state index in [9.17, 15) is 68.9 Å². The van der Waals surface area contributed by atoms with Gasteiger partial charge < -0.3 is 70.2 Å². The Hall–Kier alpha value is -3.13. The maximum absolute atomic E-state index is 13.9. The maximum atomic E-state index is 13.9. The van der Waals surface area contributed by atoms with Crippen LogP contribution in [0.4, 0.5) is 0 Å². The lowest BCUT2D eigenvalue weighted by molar-refractivity contribution is -0.245. The maximum Gasteiger partial charge on any atom is 0.371 e. The number of nitrogens with zero attached hydrogens (tertiary/aromatic N) is 1. The Morgan fingerprint density at radius 1 is 1.08 bits per heavy atom. The van der Waals surface area contributed by atoms with Crippen LogP contribution in [0.2, 0.25) is 0 Å². The molecule has 50 heavy (non-hydrogen) atoms. The highest BCUT2D eigenvalue weighted by Gasteiger charge is 2.60. The average Bonchev–Trinajstić information content (AvgIpc) is 3.02. The predicted octanol–water partition coefficient (Wildman–Crippen LogP) is -1.13. The standard InChI is InChI=1S/C29H36N2O17P2/c1-11-23(33)14(30)6-18(47-11)48-16-8-28(38,17(9-32)31-10-29(39,49(40,41)42)50(43,44)45)7-13-20(16)27(37)22-21(25(13)35)24(34)12-4-3-5-15(46-2)19(12)26(22)36/h3-5,11,14,16,18,23,32-33,35,37-39H,6-10,30H2,1-2H3,(H2,40,41,42)(H2,43,44,45)/b31-17+/t11-,14-,16-,18-,23+,28-/m0/s1. The first kappa shape index (κ1) is 38.1. The molecule has 19 nitrogen and oxygen atoms in total. The molecular weight excluding hydrogens is 710 g/mol. The monoisotopic (exact) mass is 746 g/mol. The number of benzene rings is 2. The van der Waals surface area contributed by atoms with Crippen molar-refractivity contribution in [3.63, 3.8) is 0 Å². The van der Waals surface area contributed by atoms with Gasteiger partial charge in [-0.15, -0.1) is 0 Å². The fraction of sp³-hybridized carbons (Fsp3) is 0.483. The third kappa shape index (κ3) is 6.11. The zero-order valence-electron chi connectivity index (χ0n) is 26.4. The number of aliphatic hydroxyl groups is 4. The quantitative estimate of drug-likeness (QED) is 0.0701. The minimum absolute atomic E-state index is 0.00297. The highest BCUT2D eigenvalue weighted by molar-refractivity contribution is 7.72. The van der Waals surface area contributed by atoms with Gasteiger partial charge in [-0.2, -0.15) is 0 Å². The van der Waals surface area contributed by atoms with Crippen LogP contribution in [0.3, 0.4) is 0 Å². The largest absolute Gasteiger partial charge is 0.507 e. The molecule has 1 heterocycles. The molecule has 5 rings (SSSR count). The molecule has 0 spiro atoms. The van der Waals surface area contributed by atoms with E-state index >= 15 is 0 Å². The molecule has 3 aliphatic rings. The number of carbonyl (C=O) groups excluding carboxylic acids is 2. The van der Waals surface area contributed by atoms with Gasteiger partial charge in [0.15, 0.2) is 12.1 Å². The van der Waals surface area contributed by atoms with Crippen molar-refractivity contribution in [2.75, 3.05) is 20.3 Å². The molecule has 0 saturated carbocycles. The predicted molar refractivity (Wildman–Crippen MR) is 168 cm³/mol. The Morgan fingerprint density at radius 3 is 2.26 bits per heavy atom. The molecule has 21 heteroatoms. The van der Waals surface area contributed by atoms with E-state index in [2.05, 4.69) is 4.99 Å². The summed E-state index contributed by atoms with van der Waals surface area (Å²) in [4.78, 5) is 69.5. The summed E-state index contributed by atoms with van der Waals surface area (Å²) in [6.07, 6.45) is -6.57. The number of ketones is 2. The zero-order valence-corrected chi connectivity index (χ0v) is 28.2. The Morgan fingerprint density at radius 2 is 1.70 bits per heavy atom. The lowest BCUT2D eigenvalue weighted by atomic mass is 9.71. The van der Waals surface area contributed by atoms with E-state index in [1.54, 1.807) is 0 Å². The van der Waals surface area contributed by atoms with Gasteiger partial charge in [0, 0.05) is 42.0 Å². The fourth-order valence-corrected chi connectivity index (χ4v) is 8.38. The molecule has 0 amide bonds. The zero-order chi connectivity index (χ0) is 37.3. The van der Waals surface area contributed by atoms with E-state index in [4.69, 9.17) is 19.9 Å². The highest BCUT2D eigenvalue weighted by atomic mass is 31.2. The molecule has 274 valence electrons. The molecule has 1 saturated heterocycles. The lowest BCUT2D eigenvalue weighted by Gasteiger charge is -2.43. The Bertz CT molecular complexity index is 1840. The summed E-state index contributed by atoms with van der Waals surface area (Å²) in [5.41, 5.74) is 0.335. The van der Waals surface area contributed by atoms with E-state index in [0.717, 1.165) is 0 Å². The van der Waals surface area contributed by atoms with Gasteiger partial charge in [-0.3, -0.25) is 23.7 Å². The summed E-state index contributed by atoms with van der Waals surface area (Å²) >= 11 is 0. The number of phenolic OH excluding ortho intramolecular Hbond substituents is 2. The van der Waals surface area contributed by atoms with Crippen LogP contribution in [0, 0.1) is 0 Å². The number of ether oxygens (including phenoxy) is 3. The number of phenols is 2. The minimum atomic E-state index is -6.02. The van der Waals surface area contributed by atoms with Crippen molar-refractivity contribution in [1.82, 2.24) is 0 Å². The van der Waals surface area contributed by atoms with Crippen molar-refractivity contribution in [1.29, 1.82) is 0 Å². The normalized spacial score (nSPS) is 27.4. The van der Waals surface area contributed by atoms with Crippen molar-refractivity contribution in [3.8, 4) is 17.2 Å². The fourth-order valence-electron chi connectivity index (χ4n) is 6.51. The van der Waals surface area contributed by atoms with Gasteiger partial charge in [0.2, 0.25) is 5.78 Å². The third-order valence-electron chi connectivity index (χ3n) is 9.24. The molecule has 0 bridgehead atoms. The highest BCUT2D eigenvalue weighted by Crippen LogP contribution is 2.67. The number of nitrogens with two attached hydrogens (primary N) is 1. The molecule has 0 aromatic heterocycles. The van der Waals surface area contributed by atoms with Crippen LogP contribution >= 0.6 is 15.2 Å². The number of hydrogen-bond donors (Lipinski definition) is 11. The molecule has 12 N–H and O–H groups in total. The molecular formula is C29H36N2O17P2. The summed E-state index contributed by atoms with van der Waals surface area (Å²) in [6, 6.07) is 3.23. The first-order valence-electron chi connectivity index (χ1n) is 14.9. The smallest absolute Gasteiger partial charge is 0.371 e. The summed E-state index contributed by atoms with van der Waals surface area (Å²) in [5, 5.41) is 62.2. The van der Waals surface area contributed by atoms with Gasteiger partial charge in [-0.05, 0) is 13.0 Å². The molecule has 2 aromatic carbocycles. The van der Waals surface area contributed by atoms with Crippen molar-refractivity contribution in [2.45, 2.75) is 67.5 Å². The SMILES string of the molecule is COc1cccc2c1C(=O)c1c(O)c3c(c(O)c1C2=O)C[C@@](O)(/C(CO)=N/CC(O)(P(=O)(O)O)P(=O)(O)O)C[C@@H]3O[C@H]1C[C@H](N)[C@H](O)[C@H](C)O1. The second-order valence-corrected chi connectivity index (χ2v) is 16.4. The second-order valence-electron chi connectivity index (χ2n) is 12.4. The number of aliphatic imine (C=N–C) groups is 1. The van der Waals surface area contributed by atoms with Gasteiger partial charge in [0.1, 0.15) is 22.8 Å². The van der Waals surface area contributed by atoms with Gasteiger partial charge in [0.25, 0.3) is 5.08 Å². The number of rotatable bonds is 9. The lowest BCUT2D eigenvalue weighted by Crippen LogP contribution is -2.53. The Labute approximate surface area is 282 Å². The summed E-state index contributed by atoms with van der Waals surface area (Å²) in [5.74, 6) is -3.54. The molecule has 0 unspecified atom stereocenters. The topological polar surface area (TPSA) is 337 Å². The van der Waals surface area contributed by atoms with Gasteiger partial charge in [-0.25, -0.2) is 0 Å². The third-order valence-corrected chi connectivity index (χ3v) is 13.0. The summed E-state index contributed by atoms with van der Waals surface area (Å²) < 4.78 is 40.9. The molecule has 6 atom stereocenters. The molecule has 1 aliphatic heterocycles. The van der Waals surface area contributed by atoms with Crippen LogP contribution in [0.5, 0.6) is 17.2 Å². The van der Waals surface area contributed by atoms with Crippen molar-refractivity contribution in [3.05, 3.63) is 51.6 Å². The van der Waals surface area contributed by atoms with Crippen LogP contribution in [0.15, 0.2) is 23.2 Å². The minimum Gasteiger partial charge on any atom is -0.507 e. The van der Waals surface area contributed by atoms with Crippen LogP contribution in [0.1, 0.15) is 68.8 Å². The molecule has 1 fully saturated rings. The first-order valence-corrected chi connectivity index (χ1v) is 18.2. The number of methoxy groups -OCH3 is 1. The van der Waals surface area contributed by atoms with Gasteiger partial charge in [-0.1, -0.05) is 12.1 Å². The van der Waals surface area contributed by atoms with Crippen molar-refractivity contribution >= 4 is 32.5 Å². The number of aromatic hydroxyl groups is 2. The van der Waals surface area contributed by atoms with Crippen LogP contribution < -0.4 is 10.5 Å². The average molecular weight is 747 g/mol. The van der Waals surface area contributed by atoms with Crippen LogP contribution in [0.25, 0.3) is 0 Å². The molecule has 2 aliphatic carbocycles. The number of hydrogen-bond acceptors (Lipinski definition) is 15. The number of fused-ring (bicyclic) bond motifs is 3. The second kappa shape index (κ2) is 13.1. The number of aliphatic hydroxyl groups excluding tert-OH is 2. The van der Waals surface area contributed by atoms with Crippen molar-refractivity contribution in [2.24, 2.45) is 10.7 Å². The molecule has 2 aromatic rings. The molecule has 0 radical (unpaired) electrons. The number of carbonyl (C=O) groups is 2. The Kier molecular flexibility index (Phi) is 10.0. The van der Waals surface area contributed by atoms with E-state index in [1.165, 1.54) is 32.2 Å². The van der Waals surface area contributed by atoms with Crippen molar-refractivity contribution < 1.29 is 83.1 Å². The summed E-state index contributed by atoms with van der Waals surface area (Å²) in [7, 11) is -10.8. The van der Waals surface area contributed by atoms with Gasteiger partial charge in [0.05, 0.1) is 61.0 Å². The van der Waals surface area contributed by atoms with E-state index in [-0.39, 0.29) is 28.9 Å².